The molecular weight excluding hydrogens is 238 g/mol. The lowest BCUT2D eigenvalue weighted by atomic mass is 10.2. The number of benzene rings is 1. The SMILES string of the molecule is Cn1ccnc(NCc2ccc(Cl)cc2)c1=O. The van der Waals surface area contributed by atoms with Gasteiger partial charge in [-0.05, 0) is 17.7 Å². The van der Waals surface area contributed by atoms with Crippen LogP contribution in [0.1, 0.15) is 5.56 Å². The third-order valence-electron chi connectivity index (χ3n) is 2.39. The third-order valence-corrected chi connectivity index (χ3v) is 2.64. The van der Waals surface area contributed by atoms with Crippen molar-refractivity contribution in [2.24, 2.45) is 7.05 Å². The smallest absolute Gasteiger partial charge is 0.293 e. The van der Waals surface area contributed by atoms with Gasteiger partial charge in [0, 0.05) is 31.0 Å². The minimum absolute atomic E-state index is 0.138. The fourth-order valence-corrected chi connectivity index (χ4v) is 1.53. The van der Waals surface area contributed by atoms with Gasteiger partial charge in [0.25, 0.3) is 5.56 Å². The number of rotatable bonds is 3. The van der Waals surface area contributed by atoms with Gasteiger partial charge in [0.1, 0.15) is 0 Å². The molecule has 1 N–H and O–H groups in total. The number of aryl methyl sites for hydroxylation is 1. The Hall–Kier alpha value is -1.81. The van der Waals surface area contributed by atoms with Gasteiger partial charge in [0.2, 0.25) is 0 Å². The first kappa shape index (κ1) is 11.7. The number of hydrogen-bond acceptors (Lipinski definition) is 3. The Morgan fingerprint density at radius 2 is 2.06 bits per heavy atom. The van der Waals surface area contributed by atoms with E-state index >= 15 is 0 Å². The molecule has 0 saturated carbocycles. The van der Waals surface area contributed by atoms with Crippen LogP contribution >= 0.6 is 11.6 Å². The zero-order valence-electron chi connectivity index (χ0n) is 9.35. The highest BCUT2D eigenvalue weighted by atomic mass is 35.5. The van der Waals surface area contributed by atoms with E-state index in [0.717, 1.165) is 5.56 Å². The van der Waals surface area contributed by atoms with Crippen molar-refractivity contribution in [3.63, 3.8) is 0 Å². The van der Waals surface area contributed by atoms with Crippen molar-refractivity contribution in [2.45, 2.75) is 6.54 Å². The van der Waals surface area contributed by atoms with Crippen LogP contribution in [0.25, 0.3) is 0 Å². The van der Waals surface area contributed by atoms with E-state index in [1.807, 2.05) is 24.3 Å². The molecule has 1 heterocycles. The van der Waals surface area contributed by atoms with E-state index in [4.69, 9.17) is 11.6 Å². The van der Waals surface area contributed by atoms with Crippen molar-refractivity contribution in [1.29, 1.82) is 0 Å². The molecule has 0 bridgehead atoms. The lowest BCUT2D eigenvalue weighted by Crippen LogP contribution is -2.21. The van der Waals surface area contributed by atoms with E-state index in [2.05, 4.69) is 10.3 Å². The maximum absolute atomic E-state index is 11.7. The fraction of sp³-hybridized carbons (Fsp3) is 0.167. The van der Waals surface area contributed by atoms with Crippen LogP contribution in [0.5, 0.6) is 0 Å². The Kier molecular flexibility index (Phi) is 3.44. The lowest BCUT2D eigenvalue weighted by molar-refractivity contribution is 0.839. The quantitative estimate of drug-likeness (QED) is 0.906. The maximum atomic E-state index is 11.7. The Bertz CT molecular complexity index is 563. The molecule has 0 aliphatic carbocycles. The summed E-state index contributed by atoms with van der Waals surface area (Å²) in [4.78, 5) is 15.7. The molecule has 88 valence electrons. The fourth-order valence-electron chi connectivity index (χ4n) is 1.41. The first-order chi connectivity index (χ1) is 8.16. The normalized spacial score (nSPS) is 10.2. The Morgan fingerprint density at radius 3 is 2.76 bits per heavy atom. The van der Waals surface area contributed by atoms with Gasteiger partial charge >= 0.3 is 0 Å². The molecule has 17 heavy (non-hydrogen) atoms. The number of anilines is 1. The molecule has 0 fully saturated rings. The van der Waals surface area contributed by atoms with E-state index in [9.17, 15) is 4.79 Å². The molecule has 0 radical (unpaired) electrons. The monoisotopic (exact) mass is 249 g/mol. The average molecular weight is 250 g/mol. The van der Waals surface area contributed by atoms with Crippen LogP contribution in [-0.4, -0.2) is 9.55 Å². The van der Waals surface area contributed by atoms with Gasteiger partial charge in [-0.25, -0.2) is 4.98 Å². The summed E-state index contributed by atoms with van der Waals surface area (Å²) in [5.41, 5.74) is 0.906. The first-order valence-corrected chi connectivity index (χ1v) is 5.54. The maximum Gasteiger partial charge on any atom is 0.293 e. The predicted molar refractivity (Wildman–Crippen MR) is 68.3 cm³/mol. The second kappa shape index (κ2) is 5.01. The number of hydrogen-bond donors (Lipinski definition) is 1. The summed E-state index contributed by atoms with van der Waals surface area (Å²) in [6.45, 7) is 0.545. The summed E-state index contributed by atoms with van der Waals surface area (Å²) < 4.78 is 1.48. The van der Waals surface area contributed by atoms with Crippen molar-refractivity contribution in [1.82, 2.24) is 9.55 Å². The lowest BCUT2D eigenvalue weighted by Gasteiger charge is -2.06. The van der Waals surface area contributed by atoms with E-state index in [1.165, 1.54) is 4.57 Å². The van der Waals surface area contributed by atoms with Gasteiger partial charge in [0.15, 0.2) is 5.82 Å². The number of nitrogens with one attached hydrogen (secondary N) is 1. The highest BCUT2D eigenvalue weighted by molar-refractivity contribution is 6.30. The van der Waals surface area contributed by atoms with Gasteiger partial charge in [-0.15, -0.1) is 0 Å². The molecule has 1 aromatic heterocycles. The second-order valence-electron chi connectivity index (χ2n) is 3.67. The van der Waals surface area contributed by atoms with Crippen molar-refractivity contribution >= 4 is 17.4 Å². The first-order valence-electron chi connectivity index (χ1n) is 5.17. The van der Waals surface area contributed by atoms with Crippen molar-refractivity contribution in [3.8, 4) is 0 Å². The van der Waals surface area contributed by atoms with Crippen LogP contribution in [-0.2, 0) is 13.6 Å². The molecule has 2 rings (SSSR count). The highest BCUT2D eigenvalue weighted by Gasteiger charge is 2.01. The van der Waals surface area contributed by atoms with Crippen LogP contribution in [0.3, 0.4) is 0 Å². The molecule has 2 aromatic rings. The molecule has 0 unspecified atom stereocenters. The molecule has 0 saturated heterocycles. The standard InChI is InChI=1S/C12H12ClN3O/c1-16-7-6-14-11(12(16)17)15-8-9-2-4-10(13)5-3-9/h2-7H,8H2,1H3,(H,14,15). The molecule has 4 nitrogen and oxygen atoms in total. The van der Waals surface area contributed by atoms with Gasteiger partial charge in [0.05, 0.1) is 0 Å². The van der Waals surface area contributed by atoms with Crippen LogP contribution < -0.4 is 10.9 Å². The minimum Gasteiger partial charge on any atom is -0.361 e. The zero-order valence-corrected chi connectivity index (χ0v) is 10.1. The molecule has 0 spiro atoms. The van der Waals surface area contributed by atoms with Gasteiger partial charge in [-0.2, -0.15) is 0 Å². The van der Waals surface area contributed by atoms with Gasteiger partial charge in [-0.1, -0.05) is 23.7 Å². The molecular formula is C12H12ClN3O. The van der Waals surface area contributed by atoms with E-state index in [1.54, 1.807) is 19.4 Å². The Labute approximate surface area is 104 Å². The molecule has 5 heteroatoms. The molecule has 0 atom stereocenters. The number of nitrogens with zero attached hydrogens (tertiary/aromatic N) is 2. The van der Waals surface area contributed by atoms with Crippen LogP contribution in [0.15, 0.2) is 41.5 Å². The Morgan fingerprint density at radius 1 is 1.35 bits per heavy atom. The number of aromatic nitrogens is 2. The van der Waals surface area contributed by atoms with Crippen LogP contribution in [0.2, 0.25) is 5.02 Å². The summed E-state index contributed by atoms with van der Waals surface area (Å²) in [6.07, 6.45) is 3.21. The predicted octanol–water partition coefficient (Wildman–Crippen LogP) is 2.05. The molecule has 0 aliphatic heterocycles. The van der Waals surface area contributed by atoms with E-state index in [-0.39, 0.29) is 5.56 Å². The van der Waals surface area contributed by atoms with Crippen molar-refractivity contribution in [3.05, 3.63) is 57.6 Å². The summed E-state index contributed by atoms with van der Waals surface area (Å²) in [5.74, 6) is 0.352. The molecule has 1 aromatic carbocycles. The van der Waals surface area contributed by atoms with Crippen molar-refractivity contribution in [2.75, 3.05) is 5.32 Å². The molecule has 0 aliphatic rings. The Balaban J connectivity index is 2.10. The third kappa shape index (κ3) is 2.85. The zero-order chi connectivity index (χ0) is 12.3. The van der Waals surface area contributed by atoms with E-state index in [0.29, 0.717) is 17.4 Å². The average Bonchev–Trinajstić information content (AvgIpc) is 2.33. The summed E-state index contributed by atoms with van der Waals surface area (Å²) in [5, 5.41) is 3.70. The topological polar surface area (TPSA) is 46.9 Å². The summed E-state index contributed by atoms with van der Waals surface area (Å²) >= 11 is 5.79. The van der Waals surface area contributed by atoms with Crippen molar-refractivity contribution < 1.29 is 0 Å². The van der Waals surface area contributed by atoms with E-state index < -0.39 is 0 Å². The van der Waals surface area contributed by atoms with Gasteiger partial charge < -0.3 is 9.88 Å². The highest BCUT2D eigenvalue weighted by Crippen LogP contribution is 2.10. The van der Waals surface area contributed by atoms with Crippen LogP contribution in [0, 0.1) is 0 Å². The largest absolute Gasteiger partial charge is 0.361 e. The number of halogens is 1. The minimum atomic E-state index is -0.138. The second-order valence-corrected chi connectivity index (χ2v) is 4.11. The summed E-state index contributed by atoms with van der Waals surface area (Å²) in [6, 6.07) is 7.44. The molecule has 0 amide bonds. The van der Waals surface area contributed by atoms with Crippen LogP contribution in [0.4, 0.5) is 5.82 Å². The summed E-state index contributed by atoms with van der Waals surface area (Å²) in [7, 11) is 1.69. The van der Waals surface area contributed by atoms with Gasteiger partial charge in [-0.3, -0.25) is 4.79 Å².